The van der Waals surface area contributed by atoms with Crippen LogP contribution in [0.15, 0.2) is 53.5 Å². The van der Waals surface area contributed by atoms with E-state index < -0.39 is 23.9 Å². The summed E-state index contributed by atoms with van der Waals surface area (Å²) in [5.41, 5.74) is 6.66. The Bertz CT molecular complexity index is 2190. The average Bonchev–Trinajstić information content (AvgIpc) is 3.65. The van der Waals surface area contributed by atoms with E-state index in [-0.39, 0.29) is 42.9 Å². The molecule has 3 aliphatic rings. The molecule has 5 amide bonds. The van der Waals surface area contributed by atoms with E-state index in [2.05, 4.69) is 75.8 Å². The normalized spacial score (nSPS) is 19.0. The summed E-state index contributed by atoms with van der Waals surface area (Å²) in [7, 11) is 0. The zero-order valence-corrected chi connectivity index (χ0v) is 32.4. The minimum Gasteiger partial charge on any atom is -0.356 e. The Morgan fingerprint density at radius 2 is 1.73 bits per heavy atom. The number of carbonyl (C=O) groups excluding carboxylic acids is 5. The van der Waals surface area contributed by atoms with Gasteiger partial charge in [0.25, 0.3) is 0 Å². The number of piperidine rings is 1. The smallest absolute Gasteiger partial charge is 0.249 e. The molecule has 286 valence electrons. The predicted molar refractivity (Wildman–Crippen MR) is 210 cm³/mol. The van der Waals surface area contributed by atoms with Gasteiger partial charge < -0.3 is 15.5 Å². The maximum absolute atomic E-state index is 13.4. The molecule has 7 rings (SSSR count). The summed E-state index contributed by atoms with van der Waals surface area (Å²) in [4.78, 5) is 72.0. The van der Waals surface area contributed by atoms with Crippen LogP contribution in [0.4, 0.5) is 5.69 Å². The third-order valence-electron chi connectivity index (χ3n) is 10.8. The second kappa shape index (κ2) is 16.1. The second-order valence-corrected chi connectivity index (χ2v) is 15.8. The number of nitrogens with zero attached hydrogens (tertiary/aromatic N) is 5. The lowest BCUT2D eigenvalue weighted by molar-refractivity contribution is -0.137. The lowest BCUT2D eigenvalue weighted by Crippen LogP contribution is -2.53. The molecule has 0 aliphatic carbocycles. The van der Waals surface area contributed by atoms with Crippen LogP contribution in [0.3, 0.4) is 0 Å². The van der Waals surface area contributed by atoms with E-state index >= 15 is 0 Å². The molecule has 1 saturated heterocycles. The van der Waals surface area contributed by atoms with Crippen LogP contribution < -0.4 is 20.9 Å². The SMILES string of the molecule is Cc1ccc(C2=N[C@@H](CC(=O)NCCCCCC(=O)N3CC[C@H](C(=O)N[C@@H]4CCC(=O)NC4=O)c4ccccc43)c3nnc(C)n3-c3sc(C)c(C)c32)cc1. The number of fused-ring (bicyclic) bond motifs is 4. The van der Waals surface area contributed by atoms with E-state index in [1.807, 2.05) is 31.2 Å². The number of aliphatic imine (C=N–C) groups is 1. The van der Waals surface area contributed by atoms with Gasteiger partial charge in [0.05, 0.1) is 18.1 Å². The van der Waals surface area contributed by atoms with Crippen LogP contribution in [-0.2, 0) is 24.0 Å². The van der Waals surface area contributed by atoms with Crippen LogP contribution in [-0.4, -0.2) is 69.1 Å². The molecule has 0 radical (unpaired) electrons. The van der Waals surface area contributed by atoms with Gasteiger partial charge in [0.1, 0.15) is 22.9 Å². The number of nitrogens with one attached hydrogen (secondary N) is 3. The summed E-state index contributed by atoms with van der Waals surface area (Å²) >= 11 is 1.69. The highest BCUT2D eigenvalue weighted by Crippen LogP contribution is 2.40. The van der Waals surface area contributed by atoms with Gasteiger partial charge in [0, 0.05) is 47.6 Å². The molecular weight excluding hydrogens is 717 g/mol. The first-order valence-electron chi connectivity index (χ1n) is 19.0. The van der Waals surface area contributed by atoms with Crippen molar-refractivity contribution in [3.8, 4) is 5.00 Å². The zero-order valence-electron chi connectivity index (χ0n) is 31.6. The van der Waals surface area contributed by atoms with Crippen molar-refractivity contribution in [1.82, 2.24) is 30.7 Å². The van der Waals surface area contributed by atoms with Crippen molar-refractivity contribution in [1.29, 1.82) is 0 Å². The van der Waals surface area contributed by atoms with Crippen LogP contribution in [0.5, 0.6) is 0 Å². The Kier molecular flexibility index (Phi) is 11.0. The number of amides is 5. The van der Waals surface area contributed by atoms with Gasteiger partial charge in [-0.25, -0.2) is 0 Å². The highest BCUT2D eigenvalue weighted by Gasteiger charge is 2.36. The average molecular weight is 763 g/mol. The molecule has 0 spiro atoms. The van der Waals surface area contributed by atoms with Crippen molar-refractivity contribution in [3.05, 3.63) is 92.9 Å². The fourth-order valence-electron chi connectivity index (χ4n) is 7.62. The molecule has 5 heterocycles. The van der Waals surface area contributed by atoms with Gasteiger partial charge in [-0.1, -0.05) is 54.4 Å². The number of hydrogen-bond donors (Lipinski definition) is 3. The largest absolute Gasteiger partial charge is 0.356 e. The van der Waals surface area contributed by atoms with Gasteiger partial charge >= 0.3 is 0 Å². The summed E-state index contributed by atoms with van der Waals surface area (Å²) in [6.45, 7) is 9.07. The first kappa shape index (κ1) is 37.8. The number of thiophene rings is 1. The van der Waals surface area contributed by atoms with Gasteiger partial charge in [0.2, 0.25) is 29.5 Å². The second-order valence-electron chi connectivity index (χ2n) is 14.6. The van der Waals surface area contributed by atoms with Gasteiger partial charge in [-0.15, -0.1) is 21.5 Å². The van der Waals surface area contributed by atoms with Crippen molar-refractivity contribution in [2.45, 2.75) is 97.1 Å². The van der Waals surface area contributed by atoms with Crippen LogP contribution in [0.2, 0.25) is 0 Å². The predicted octanol–water partition coefficient (Wildman–Crippen LogP) is 4.96. The monoisotopic (exact) mass is 762 g/mol. The standard InChI is InChI=1S/C41H46N8O5S/c1-23-13-15-27(16-14-23)37-36-24(2)25(3)55-41(36)49-26(4)46-47-38(49)31(43-37)22-34(51)42-20-9-5-6-12-35(52)48-21-19-29(28-10-7-8-11-32(28)48)39(53)44-30-17-18-33(50)45-40(30)54/h7-8,10-11,13-16,29-31H,5-6,9,12,17-22H2,1-4H3,(H,42,51)(H,44,53)(H,45,50,54)/t29-,30+,31-/m0/s1. The van der Waals surface area contributed by atoms with E-state index in [9.17, 15) is 24.0 Å². The number of carbonyl (C=O) groups is 5. The van der Waals surface area contributed by atoms with Crippen molar-refractivity contribution >= 4 is 52.3 Å². The maximum Gasteiger partial charge on any atom is 0.249 e. The van der Waals surface area contributed by atoms with E-state index in [0.29, 0.717) is 50.3 Å². The fraction of sp³-hybridized carbons (Fsp3) is 0.415. The van der Waals surface area contributed by atoms with Gasteiger partial charge in [-0.05, 0) is 70.6 Å². The van der Waals surface area contributed by atoms with Crippen LogP contribution in [0.1, 0.15) is 108 Å². The minimum absolute atomic E-state index is 0.0190. The van der Waals surface area contributed by atoms with E-state index in [1.165, 1.54) is 4.88 Å². The number of hydrogen-bond acceptors (Lipinski definition) is 9. The van der Waals surface area contributed by atoms with Crippen LogP contribution in [0, 0.1) is 27.7 Å². The van der Waals surface area contributed by atoms with E-state index in [4.69, 9.17) is 4.99 Å². The van der Waals surface area contributed by atoms with Crippen LogP contribution >= 0.6 is 11.3 Å². The highest BCUT2D eigenvalue weighted by molar-refractivity contribution is 7.15. The topological polar surface area (TPSA) is 168 Å². The van der Waals surface area contributed by atoms with Crippen molar-refractivity contribution in [3.63, 3.8) is 0 Å². The van der Waals surface area contributed by atoms with Gasteiger partial charge in [0.15, 0.2) is 5.82 Å². The third-order valence-corrected chi connectivity index (χ3v) is 11.9. The molecule has 55 heavy (non-hydrogen) atoms. The Hall–Kier alpha value is -5.50. The lowest BCUT2D eigenvalue weighted by Gasteiger charge is -2.34. The van der Waals surface area contributed by atoms with E-state index in [0.717, 1.165) is 50.8 Å². The number of aromatic nitrogens is 3. The van der Waals surface area contributed by atoms with Gasteiger partial charge in [-0.2, -0.15) is 0 Å². The molecule has 3 atom stereocenters. The summed E-state index contributed by atoms with van der Waals surface area (Å²) in [6.07, 6.45) is 3.46. The third kappa shape index (κ3) is 7.86. The Morgan fingerprint density at radius 3 is 2.51 bits per heavy atom. The highest BCUT2D eigenvalue weighted by atomic mass is 32.1. The first-order chi connectivity index (χ1) is 26.5. The molecule has 2 aromatic carbocycles. The molecule has 13 nitrogen and oxygen atoms in total. The molecule has 3 N–H and O–H groups in total. The molecule has 0 unspecified atom stereocenters. The summed E-state index contributed by atoms with van der Waals surface area (Å²) in [6, 6.07) is 14.4. The number of unbranched alkanes of at least 4 members (excludes halogenated alkanes) is 2. The molecule has 14 heteroatoms. The number of para-hydroxylation sites is 1. The van der Waals surface area contributed by atoms with Crippen molar-refractivity contribution in [2.75, 3.05) is 18.0 Å². The Morgan fingerprint density at radius 1 is 0.945 bits per heavy atom. The number of anilines is 1. The molecule has 0 bridgehead atoms. The molecular formula is C41H46N8O5S. The Labute approximate surface area is 324 Å². The number of imide groups is 1. The summed E-state index contributed by atoms with van der Waals surface area (Å²) in [5.74, 6) is -0.364. The Balaban J connectivity index is 0.927. The van der Waals surface area contributed by atoms with Crippen molar-refractivity contribution in [2.24, 2.45) is 4.99 Å². The quantitative estimate of drug-likeness (QED) is 0.143. The molecule has 2 aromatic heterocycles. The molecule has 3 aliphatic heterocycles. The minimum atomic E-state index is -0.751. The lowest BCUT2D eigenvalue weighted by atomic mass is 9.88. The summed E-state index contributed by atoms with van der Waals surface area (Å²) in [5, 5.41) is 18.1. The first-order valence-corrected chi connectivity index (χ1v) is 19.8. The zero-order chi connectivity index (χ0) is 38.8. The number of rotatable bonds is 11. The summed E-state index contributed by atoms with van der Waals surface area (Å²) < 4.78 is 2.05. The fourth-order valence-corrected chi connectivity index (χ4v) is 8.84. The van der Waals surface area contributed by atoms with E-state index in [1.54, 1.807) is 16.2 Å². The molecule has 1 fully saturated rings. The number of aryl methyl sites for hydroxylation is 3. The molecule has 4 aromatic rings. The maximum atomic E-state index is 13.4. The van der Waals surface area contributed by atoms with Gasteiger partial charge in [-0.3, -0.25) is 38.8 Å². The van der Waals surface area contributed by atoms with Crippen LogP contribution in [0.25, 0.3) is 5.00 Å². The molecule has 0 saturated carbocycles. The van der Waals surface area contributed by atoms with Crippen molar-refractivity contribution < 1.29 is 24.0 Å². The number of benzene rings is 2.